The molecule has 0 aliphatic heterocycles. The second kappa shape index (κ2) is 9.57. The van der Waals surface area contributed by atoms with E-state index < -0.39 is 10.0 Å². The van der Waals surface area contributed by atoms with Crippen molar-refractivity contribution < 1.29 is 17.9 Å². The van der Waals surface area contributed by atoms with Crippen LogP contribution in [0.1, 0.15) is 24.2 Å². The van der Waals surface area contributed by atoms with Crippen LogP contribution in [-0.4, -0.2) is 47.6 Å². The van der Waals surface area contributed by atoms with Crippen molar-refractivity contribution in [1.29, 1.82) is 0 Å². The van der Waals surface area contributed by atoms with Gasteiger partial charge in [-0.3, -0.25) is 4.79 Å². The first kappa shape index (κ1) is 21.7. The van der Waals surface area contributed by atoms with Crippen LogP contribution in [0.25, 0.3) is 0 Å². The molecule has 2 aromatic rings. The number of anilines is 1. The van der Waals surface area contributed by atoms with Crippen molar-refractivity contribution in [1.82, 2.24) is 10.0 Å². The molecule has 8 heteroatoms. The lowest BCUT2D eigenvalue weighted by Crippen LogP contribution is -2.33. The van der Waals surface area contributed by atoms with Gasteiger partial charge in [0, 0.05) is 37.4 Å². The Balaban J connectivity index is 2.08. The Kier molecular flexibility index (Phi) is 7.42. The first-order chi connectivity index (χ1) is 13.2. The van der Waals surface area contributed by atoms with Crippen molar-refractivity contribution in [2.75, 3.05) is 32.1 Å². The molecule has 0 spiro atoms. The van der Waals surface area contributed by atoms with Crippen LogP contribution in [0.15, 0.2) is 53.4 Å². The van der Waals surface area contributed by atoms with E-state index in [2.05, 4.69) is 10.0 Å². The van der Waals surface area contributed by atoms with Gasteiger partial charge in [0.05, 0.1) is 7.11 Å². The number of carbonyl (C=O) groups excluding carboxylic acids is 1. The van der Waals surface area contributed by atoms with Gasteiger partial charge in [-0.05, 0) is 44.2 Å². The van der Waals surface area contributed by atoms with E-state index in [1.807, 2.05) is 42.3 Å². The normalized spacial score (nSPS) is 11.3. The Hall–Kier alpha value is -2.58. The summed E-state index contributed by atoms with van der Waals surface area (Å²) in [6.45, 7) is 4.49. The largest absolute Gasteiger partial charge is 0.495 e. The molecule has 2 aromatic carbocycles. The van der Waals surface area contributed by atoms with Crippen LogP contribution >= 0.6 is 0 Å². The molecule has 0 fully saturated rings. The maximum absolute atomic E-state index is 12.5. The zero-order chi connectivity index (χ0) is 20.7. The highest BCUT2D eigenvalue weighted by Crippen LogP contribution is 2.25. The molecule has 0 aliphatic carbocycles. The maximum Gasteiger partial charge on any atom is 0.251 e. The fraction of sp³-hybridized carbons (Fsp3) is 0.350. The first-order valence-corrected chi connectivity index (χ1v) is 10.5. The zero-order valence-electron chi connectivity index (χ0n) is 16.6. The quantitative estimate of drug-likeness (QED) is 0.668. The molecule has 0 saturated carbocycles. The number of nitrogens with one attached hydrogen (secondary N) is 2. The average molecular weight is 406 g/mol. The predicted octanol–water partition coefficient (Wildman–Crippen LogP) is 2.25. The third-order valence-corrected chi connectivity index (χ3v) is 5.72. The van der Waals surface area contributed by atoms with Gasteiger partial charge >= 0.3 is 0 Å². The van der Waals surface area contributed by atoms with E-state index in [0.717, 1.165) is 5.69 Å². The summed E-state index contributed by atoms with van der Waals surface area (Å²) in [4.78, 5) is 14.4. The maximum atomic E-state index is 12.5. The second-order valence-electron chi connectivity index (χ2n) is 6.65. The summed E-state index contributed by atoms with van der Waals surface area (Å²) < 4.78 is 32.7. The number of hydrogen-bond donors (Lipinski definition) is 2. The summed E-state index contributed by atoms with van der Waals surface area (Å²) in [7, 11) is -0.458. The van der Waals surface area contributed by atoms with E-state index in [4.69, 9.17) is 4.74 Å². The summed E-state index contributed by atoms with van der Waals surface area (Å²) in [5.41, 5.74) is 1.31. The summed E-state index contributed by atoms with van der Waals surface area (Å²) in [5, 5.41) is 2.82. The van der Waals surface area contributed by atoms with Crippen LogP contribution in [-0.2, 0) is 10.0 Å². The van der Waals surface area contributed by atoms with E-state index in [0.29, 0.717) is 13.1 Å². The molecular formula is C20H27N3O4S. The number of carbonyl (C=O) groups is 1. The standard InChI is InChI=1S/C20H27N3O4S/c1-15(2)22-28(25,26)19-14-16(10-11-18(19)27-4)20(24)21-12-13-23(3)17-8-6-5-7-9-17/h5-11,14-15,22H,12-13H2,1-4H3,(H,21,24). The number of hydrogen-bond acceptors (Lipinski definition) is 5. The molecule has 0 heterocycles. The Labute approximate surface area is 166 Å². The Bertz CT molecular complexity index is 899. The van der Waals surface area contributed by atoms with Crippen LogP contribution in [0.5, 0.6) is 5.75 Å². The van der Waals surface area contributed by atoms with Crippen molar-refractivity contribution in [3.8, 4) is 5.75 Å². The van der Waals surface area contributed by atoms with Crippen LogP contribution in [0.4, 0.5) is 5.69 Å². The number of para-hydroxylation sites is 1. The molecule has 2 N–H and O–H groups in total. The van der Waals surface area contributed by atoms with Crippen LogP contribution in [0.2, 0.25) is 0 Å². The predicted molar refractivity (Wildman–Crippen MR) is 110 cm³/mol. The molecule has 0 bridgehead atoms. The molecule has 28 heavy (non-hydrogen) atoms. The lowest BCUT2D eigenvalue weighted by molar-refractivity contribution is 0.0954. The molecule has 152 valence electrons. The smallest absolute Gasteiger partial charge is 0.251 e. The summed E-state index contributed by atoms with van der Waals surface area (Å²) >= 11 is 0. The van der Waals surface area contributed by atoms with Crippen LogP contribution < -0.4 is 19.7 Å². The number of sulfonamides is 1. The van der Waals surface area contributed by atoms with Crippen molar-refractivity contribution in [2.24, 2.45) is 0 Å². The van der Waals surface area contributed by atoms with Gasteiger partial charge in [-0.15, -0.1) is 0 Å². The molecule has 1 amide bonds. The van der Waals surface area contributed by atoms with Crippen molar-refractivity contribution in [3.63, 3.8) is 0 Å². The molecular weight excluding hydrogens is 378 g/mol. The van der Waals surface area contributed by atoms with E-state index >= 15 is 0 Å². The van der Waals surface area contributed by atoms with Crippen LogP contribution in [0.3, 0.4) is 0 Å². The second-order valence-corrected chi connectivity index (χ2v) is 8.34. The van der Waals surface area contributed by atoms with E-state index in [1.54, 1.807) is 19.9 Å². The minimum Gasteiger partial charge on any atom is -0.495 e. The fourth-order valence-electron chi connectivity index (χ4n) is 2.65. The highest BCUT2D eigenvalue weighted by atomic mass is 32.2. The van der Waals surface area contributed by atoms with Gasteiger partial charge < -0.3 is 15.0 Å². The molecule has 0 saturated heterocycles. The lowest BCUT2D eigenvalue weighted by atomic mass is 10.2. The molecule has 0 atom stereocenters. The SMILES string of the molecule is COc1ccc(C(=O)NCCN(C)c2ccccc2)cc1S(=O)(=O)NC(C)C. The van der Waals surface area contributed by atoms with Crippen molar-refractivity contribution >= 4 is 21.6 Å². The molecule has 0 unspecified atom stereocenters. The monoisotopic (exact) mass is 405 g/mol. The topological polar surface area (TPSA) is 87.7 Å². The third kappa shape index (κ3) is 5.71. The number of ether oxygens (including phenoxy) is 1. The lowest BCUT2D eigenvalue weighted by Gasteiger charge is -2.19. The van der Waals surface area contributed by atoms with Gasteiger partial charge in [0.25, 0.3) is 5.91 Å². The summed E-state index contributed by atoms with van der Waals surface area (Å²) in [6.07, 6.45) is 0. The highest BCUT2D eigenvalue weighted by Gasteiger charge is 2.22. The number of nitrogens with zero attached hydrogens (tertiary/aromatic N) is 1. The van der Waals surface area contributed by atoms with E-state index in [-0.39, 0.29) is 28.2 Å². The fourth-order valence-corrected chi connectivity index (χ4v) is 4.10. The van der Waals surface area contributed by atoms with E-state index in [9.17, 15) is 13.2 Å². The first-order valence-electron chi connectivity index (χ1n) is 8.99. The van der Waals surface area contributed by atoms with Gasteiger partial charge in [-0.25, -0.2) is 13.1 Å². The van der Waals surface area contributed by atoms with Gasteiger partial charge in [0.15, 0.2) is 0 Å². The van der Waals surface area contributed by atoms with Crippen molar-refractivity contribution in [2.45, 2.75) is 24.8 Å². The van der Waals surface area contributed by atoms with Gasteiger partial charge in [-0.2, -0.15) is 0 Å². The highest BCUT2D eigenvalue weighted by molar-refractivity contribution is 7.89. The Morgan fingerprint density at radius 1 is 1.14 bits per heavy atom. The Morgan fingerprint density at radius 3 is 2.43 bits per heavy atom. The number of methoxy groups -OCH3 is 1. The summed E-state index contributed by atoms with van der Waals surface area (Å²) in [5.74, 6) is -0.154. The van der Waals surface area contributed by atoms with E-state index in [1.165, 1.54) is 19.2 Å². The average Bonchev–Trinajstić information content (AvgIpc) is 2.67. The molecule has 2 rings (SSSR count). The third-order valence-electron chi connectivity index (χ3n) is 4.04. The number of amides is 1. The molecule has 0 aliphatic rings. The molecule has 0 aromatic heterocycles. The number of likely N-dealkylation sites (N-methyl/N-ethyl adjacent to an activating group) is 1. The number of benzene rings is 2. The van der Waals surface area contributed by atoms with Gasteiger partial charge in [0.1, 0.15) is 10.6 Å². The number of rotatable bonds is 9. The van der Waals surface area contributed by atoms with Crippen LogP contribution in [0, 0.1) is 0 Å². The van der Waals surface area contributed by atoms with Gasteiger partial charge in [-0.1, -0.05) is 18.2 Å². The van der Waals surface area contributed by atoms with Gasteiger partial charge in [0.2, 0.25) is 10.0 Å². The molecule has 7 nitrogen and oxygen atoms in total. The summed E-state index contributed by atoms with van der Waals surface area (Å²) in [6, 6.07) is 13.9. The Morgan fingerprint density at radius 2 is 1.82 bits per heavy atom. The zero-order valence-corrected chi connectivity index (χ0v) is 17.4. The van der Waals surface area contributed by atoms with Crippen molar-refractivity contribution in [3.05, 3.63) is 54.1 Å². The minimum absolute atomic E-state index is 0.0576. The molecule has 0 radical (unpaired) electrons. The minimum atomic E-state index is -3.79.